The van der Waals surface area contributed by atoms with Gasteiger partial charge in [-0.15, -0.1) is 6.58 Å². The van der Waals surface area contributed by atoms with Crippen LogP contribution in [0, 0.1) is 0 Å². The lowest BCUT2D eigenvalue weighted by molar-refractivity contribution is 0.309. The third kappa shape index (κ3) is 4.93. The molecule has 32 heavy (non-hydrogen) atoms. The Balaban J connectivity index is 2.18. The van der Waals surface area contributed by atoms with Gasteiger partial charge < -0.3 is 9.47 Å². The maximum atomic E-state index is 13.3. The second-order valence-corrected chi connectivity index (χ2v) is 8.36. The van der Waals surface area contributed by atoms with Gasteiger partial charge in [-0.05, 0) is 55.7 Å². The van der Waals surface area contributed by atoms with Crippen LogP contribution in [0.3, 0.4) is 0 Å². The summed E-state index contributed by atoms with van der Waals surface area (Å²) in [5, 5.41) is 5.08. The maximum absolute atomic E-state index is 13.3. The molecule has 0 radical (unpaired) electrons. The molecule has 0 saturated carbocycles. The topological polar surface area (TPSA) is 65.7 Å². The van der Waals surface area contributed by atoms with Crippen LogP contribution in [0.4, 0.5) is 0 Å². The number of rotatable bonds is 9. The third-order valence-electron chi connectivity index (χ3n) is 5.23. The van der Waals surface area contributed by atoms with Crippen LogP contribution in [-0.4, -0.2) is 29.6 Å². The first-order chi connectivity index (χ1) is 15.4. The van der Waals surface area contributed by atoms with Crippen molar-refractivity contribution < 1.29 is 9.47 Å². The second kappa shape index (κ2) is 10.6. The van der Waals surface area contributed by atoms with Gasteiger partial charge in [-0.1, -0.05) is 35.9 Å². The highest BCUT2D eigenvalue weighted by atomic mass is 79.9. The summed E-state index contributed by atoms with van der Waals surface area (Å²) in [6.07, 6.45) is 4.93. The molecular weight excluding hydrogens is 470 g/mol. The number of nitrogens with zero attached hydrogens (tertiary/aromatic N) is 3. The fourth-order valence-corrected chi connectivity index (χ4v) is 3.82. The SMILES string of the molecule is C=CCc1cc(C=Nn2c([C@@H](C)CC)nc3ccc(Br)cc3c2=O)cc(OCC)c1OC. The first-order valence-corrected chi connectivity index (χ1v) is 11.4. The summed E-state index contributed by atoms with van der Waals surface area (Å²) in [5.41, 5.74) is 2.19. The van der Waals surface area contributed by atoms with Crippen molar-refractivity contribution in [2.75, 3.05) is 13.7 Å². The summed E-state index contributed by atoms with van der Waals surface area (Å²) in [6.45, 7) is 10.4. The number of hydrogen-bond acceptors (Lipinski definition) is 5. The lowest BCUT2D eigenvalue weighted by Crippen LogP contribution is -2.23. The number of hydrogen-bond donors (Lipinski definition) is 0. The van der Waals surface area contributed by atoms with E-state index in [9.17, 15) is 4.79 Å². The largest absolute Gasteiger partial charge is 0.493 e. The van der Waals surface area contributed by atoms with E-state index in [1.807, 2.05) is 44.2 Å². The average molecular weight is 498 g/mol. The zero-order chi connectivity index (χ0) is 23.3. The van der Waals surface area contributed by atoms with Crippen molar-refractivity contribution in [3.05, 3.63) is 74.8 Å². The van der Waals surface area contributed by atoms with E-state index in [1.165, 1.54) is 4.68 Å². The predicted molar refractivity (Wildman–Crippen MR) is 133 cm³/mol. The minimum absolute atomic E-state index is 0.0686. The van der Waals surface area contributed by atoms with E-state index in [1.54, 1.807) is 19.4 Å². The quantitative estimate of drug-likeness (QED) is 0.281. The summed E-state index contributed by atoms with van der Waals surface area (Å²) >= 11 is 3.44. The summed E-state index contributed by atoms with van der Waals surface area (Å²) < 4.78 is 13.6. The Kier molecular flexibility index (Phi) is 7.85. The number of allylic oxidation sites excluding steroid dienone is 1. The second-order valence-electron chi connectivity index (χ2n) is 7.44. The molecule has 0 aliphatic rings. The Labute approximate surface area is 196 Å². The number of benzene rings is 2. The molecule has 3 aromatic rings. The molecule has 0 unspecified atom stereocenters. The van der Waals surface area contributed by atoms with E-state index in [-0.39, 0.29) is 11.5 Å². The van der Waals surface area contributed by atoms with Crippen LogP contribution in [0.1, 0.15) is 50.1 Å². The Morgan fingerprint density at radius 1 is 1.28 bits per heavy atom. The van der Waals surface area contributed by atoms with Crippen molar-refractivity contribution in [1.82, 2.24) is 9.66 Å². The molecule has 1 heterocycles. The van der Waals surface area contributed by atoms with Gasteiger partial charge in [-0.2, -0.15) is 9.78 Å². The minimum Gasteiger partial charge on any atom is -0.493 e. The normalized spacial score (nSPS) is 12.3. The molecule has 3 rings (SSSR count). The van der Waals surface area contributed by atoms with Crippen molar-refractivity contribution in [3.8, 4) is 11.5 Å². The van der Waals surface area contributed by atoms with Crippen LogP contribution in [0.15, 0.2) is 57.4 Å². The highest BCUT2D eigenvalue weighted by molar-refractivity contribution is 9.10. The monoisotopic (exact) mass is 497 g/mol. The number of halogens is 1. The maximum Gasteiger partial charge on any atom is 0.282 e. The standard InChI is InChI=1S/C25H28BrN3O3/c1-6-9-18-12-17(13-22(32-8-3)23(18)31-5)15-27-29-24(16(4)7-2)28-21-11-10-19(26)14-20(21)25(29)30/h6,10-16H,1,7-9H2,2-5H3/t16-/m0/s1. The Morgan fingerprint density at radius 2 is 2.06 bits per heavy atom. The molecule has 0 N–H and O–H groups in total. The molecule has 2 aromatic carbocycles. The molecule has 7 heteroatoms. The third-order valence-corrected chi connectivity index (χ3v) is 5.72. The first-order valence-electron chi connectivity index (χ1n) is 10.6. The van der Waals surface area contributed by atoms with Crippen molar-refractivity contribution >= 4 is 33.0 Å². The molecule has 0 fully saturated rings. The van der Waals surface area contributed by atoms with Gasteiger partial charge in [0.05, 0.1) is 30.8 Å². The molecule has 0 spiro atoms. The van der Waals surface area contributed by atoms with Crippen molar-refractivity contribution in [2.24, 2.45) is 5.10 Å². The van der Waals surface area contributed by atoms with Crippen LogP contribution >= 0.6 is 15.9 Å². The van der Waals surface area contributed by atoms with E-state index in [0.29, 0.717) is 41.3 Å². The molecule has 0 amide bonds. The molecule has 1 aromatic heterocycles. The molecule has 168 valence electrons. The number of fused-ring (bicyclic) bond motifs is 1. The molecule has 0 bridgehead atoms. The van der Waals surface area contributed by atoms with Crippen LogP contribution in [0.25, 0.3) is 10.9 Å². The fourth-order valence-electron chi connectivity index (χ4n) is 3.46. The van der Waals surface area contributed by atoms with Gasteiger partial charge in [0, 0.05) is 16.0 Å². The van der Waals surface area contributed by atoms with Crippen molar-refractivity contribution in [1.29, 1.82) is 0 Å². The van der Waals surface area contributed by atoms with Gasteiger partial charge in [-0.3, -0.25) is 4.79 Å². The van der Waals surface area contributed by atoms with Crippen LogP contribution in [0.5, 0.6) is 11.5 Å². The van der Waals surface area contributed by atoms with Gasteiger partial charge >= 0.3 is 0 Å². The van der Waals surface area contributed by atoms with E-state index in [4.69, 9.17) is 14.5 Å². The summed E-state index contributed by atoms with van der Waals surface area (Å²) in [6, 6.07) is 9.33. The molecule has 1 atom stereocenters. The number of aromatic nitrogens is 2. The Morgan fingerprint density at radius 3 is 2.72 bits per heavy atom. The van der Waals surface area contributed by atoms with Gasteiger partial charge in [0.1, 0.15) is 5.82 Å². The molecule has 0 aliphatic heterocycles. The Hall–Kier alpha value is -2.93. The molecule has 0 aliphatic carbocycles. The smallest absolute Gasteiger partial charge is 0.282 e. The highest BCUT2D eigenvalue weighted by Crippen LogP contribution is 2.33. The zero-order valence-corrected chi connectivity index (χ0v) is 20.5. The van der Waals surface area contributed by atoms with Crippen LogP contribution in [-0.2, 0) is 6.42 Å². The lowest BCUT2D eigenvalue weighted by atomic mass is 10.1. The molecule has 0 saturated heterocycles. The summed E-state index contributed by atoms with van der Waals surface area (Å²) in [7, 11) is 1.62. The minimum atomic E-state index is -0.201. The molecule has 6 nitrogen and oxygen atoms in total. The van der Waals surface area contributed by atoms with Crippen LogP contribution in [0.2, 0.25) is 0 Å². The van der Waals surface area contributed by atoms with Gasteiger partial charge in [0.15, 0.2) is 11.5 Å². The lowest BCUT2D eigenvalue weighted by Gasteiger charge is -2.15. The zero-order valence-electron chi connectivity index (χ0n) is 18.9. The summed E-state index contributed by atoms with van der Waals surface area (Å²) in [5.74, 6) is 2.01. The van der Waals surface area contributed by atoms with Crippen molar-refractivity contribution in [3.63, 3.8) is 0 Å². The summed E-state index contributed by atoms with van der Waals surface area (Å²) in [4.78, 5) is 18.1. The van der Waals surface area contributed by atoms with Crippen molar-refractivity contribution in [2.45, 2.75) is 39.5 Å². The van der Waals surface area contributed by atoms with Gasteiger partial charge in [0.2, 0.25) is 0 Å². The average Bonchev–Trinajstić information content (AvgIpc) is 2.78. The van der Waals surface area contributed by atoms with Gasteiger partial charge in [-0.25, -0.2) is 4.98 Å². The Bertz CT molecular complexity index is 1220. The van der Waals surface area contributed by atoms with E-state index < -0.39 is 0 Å². The fraction of sp³-hybridized carbons (Fsp3) is 0.320. The van der Waals surface area contributed by atoms with Gasteiger partial charge in [0.25, 0.3) is 5.56 Å². The number of methoxy groups -OCH3 is 1. The van der Waals surface area contributed by atoms with E-state index in [0.717, 1.165) is 22.0 Å². The molecular formula is C25H28BrN3O3. The number of ether oxygens (including phenoxy) is 2. The first kappa shape index (κ1) is 23.7. The predicted octanol–water partition coefficient (Wildman–Crippen LogP) is 5.69. The highest BCUT2D eigenvalue weighted by Gasteiger charge is 2.16. The van der Waals surface area contributed by atoms with Crippen LogP contribution < -0.4 is 15.0 Å². The van der Waals surface area contributed by atoms with E-state index in [2.05, 4.69) is 34.5 Å². The van der Waals surface area contributed by atoms with E-state index >= 15 is 0 Å².